The van der Waals surface area contributed by atoms with E-state index < -0.39 is 0 Å². The maximum Gasteiger partial charge on any atom is 0.269 e. The quantitative estimate of drug-likeness (QED) is 0.780. The zero-order valence-corrected chi connectivity index (χ0v) is 12.5. The van der Waals surface area contributed by atoms with Crippen molar-refractivity contribution in [1.82, 2.24) is 15.3 Å². The van der Waals surface area contributed by atoms with Gasteiger partial charge < -0.3 is 10.4 Å². The summed E-state index contributed by atoms with van der Waals surface area (Å²) in [4.78, 5) is 20.5. The highest BCUT2D eigenvalue weighted by atomic mass is 16.3. The van der Waals surface area contributed by atoms with E-state index >= 15 is 0 Å². The number of phenolic OH excluding ortho intramolecular Hbond substituents is 1. The van der Waals surface area contributed by atoms with Gasteiger partial charge >= 0.3 is 0 Å². The second-order valence-corrected chi connectivity index (χ2v) is 4.96. The zero-order valence-electron chi connectivity index (χ0n) is 12.5. The van der Waals surface area contributed by atoms with Crippen LogP contribution < -0.4 is 5.32 Å². The van der Waals surface area contributed by atoms with Crippen LogP contribution in [0.1, 0.15) is 10.5 Å². The lowest BCUT2D eigenvalue weighted by Crippen LogP contribution is -2.19. The lowest BCUT2D eigenvalue weighted by atomic mass is 10.00. The van der Waals surface area contributed by atoms with Crippen molar-refractivity contribution in [3.8, 4) is 28.1 Å². The highest BCUT2D eigenvalue weighted by molar-refractivity contribution is 5.94. The van der Waals surface area contributed by atoms with Crippen LogP contribution >= 0.6 is 0 Å². The fourth-order valence-corrected chi connectivity index (χ4v) is 2.31. The van der Waals surface area contributed by atoms with Crippen LogP contribution in [0.5, 0.6) is 5.75 Å². The standard InChI is InChI=1S/C18H15N3O2/c1-19-18(23)16-9-8-15(13-3-2-10-20-11-13)17(21-16)12-4-6-14(22)7-5-12/h2-11,22H,1H3,(H,19,23). The largest absolute Gasteiger partial charge is 0.508 e. The smallest absolute Gasteiger partial charge is 0.269 e. The first-order valence-electron chi connectivity index (χ1n) is 7.12. The Hall–Kier alpha value is -3.21. The van der Waals surface area contributed by atoms with Crippen LogP contribution in [0.3, 0.4) is 0 Å². The molecule has 0 fully saturated rings. The molecule has 3 aromatic rings. The molecule has 23 heavy (non-hydrogen) atoms. The van der Waals surface area contributed by atoms with Crippen molar-refractivity contribution in [2.75, 3.05) is 7.05 Å². The van der Waals surface area contributed by atoms with Crippen LogP contribution in [-0.4, -0.2) is 28.0 Å². The number of rotatable bonds is 3. The van der Waals surface area contributed by atoms with Crippen molar-refractivity contribution in [1.29, 1.82) is 0 Å². The van der Waals surface area contributed by atoms with Gasteiger partial charge in [-0.2, -0.15) is 0 Å². The van der Waals surface area contributed by atoms with Crippen LogP contribution in [0.4, 0.5) is 0 Å². The first kappa shape index (κ1) is 14.7. The fraction of sp³-hybridized carbons (Fsp3) is 0.0556. The van der Waals surface area contributed by atoms with Gasteiger partial charge in [-0.25, -0.2) is 4.98 Å². The van der Waals surface area contributed by atoms with Gasteiger partial charge in [0, 0.05) is 36.1 Å². The summed E-state index contributed by atoms with van der Waals surface area (Å²) in [6.07, 6.45) is 3.45. The van der Waals surface area contributed by atoms with Crippen LogP contribution in [0, 0.1) is 0 Å². The molecule has 0 aliphatic rings. The molecule has 0 aliphatic heterocycles. The van der Waals surface area contributed by atoms with Gasteiger partial charge in [-0.15, -0.1) is 0 Å². The number of carbonyl (C=O) groups is 1. The van der Waals surface area contributed by atoms with E-state index in [9.17, 15) is 9.90 Å². The van der Waals surface area contributed by atoms with Crippen molar-refractivity contribution in [3.05, 3.63) is 66.6 Å². The van der Waals surface area contributed by atoms with Gasteiger partial charge in [0.05, 0.1) is 5.69 Å². The number of phenols is 1. The van der Waals surface area contributed by atoms with Gasteiger partial charge in [0.2, 0.25) is 0 Å². The molecule has 0 saturated carbocycles. The molecular weight excluding hydrogens is 290 g/mol. The normalized spacial score (nSPS) is 10.3. The Morgan fingerprint density at radius 2 is 1.83 bits per heavy atom. The van der Waals surface area contributed by atoms with Crippen LogP contribution in [-0.2, 0) is 0 Å². The summed E-state index contributed by atoms with van der Waals surface area (Å²) in [6, 6.07) is 14.1. The number of nitrogens with one attached hydrogen (secondary N) is 1. The van der Waals surface area contributed by atoms with E-state index in [2.05, 4.69) is 15.3 Å². The molecule has 0 saturated heterocycles. The molecule has 1 amide bonds. The number of benzene rings is 1. The predicted molar refractivity (Wildman–Crippen MR) is 88.0 cm³/mol. The number of aromatic hydroxyl groups is 1. The molecule has 0 atom stereocenters. The van der Waals surface area contributed by atoms with E-state index in [-0.39, 0.29) is 11.7 Å². The highest BCUT2D eigenvalue weighted by Crippen LogP contribution is 2.31. The molecule has 114 valence electrons. The summed E-state index contributed by atoms with van der Waals surface area (Å²) in [5.74, 6) is -0.0677. The van der Waals surface area contributed by atoms with Crippen molar-refractivity contribution < 1.29 is 9.90 Å². The Kier molecular flexibility index (Phi) is 4.01. The summed E-state index contributed by atoms with van der Waals surface area (Å²) in [7, 11) is 1.57. The van der Waals surface area contributed by atoms with E-state index in [1.807, 2.05) is 18.2 Å². The second kappa shape index (κ2) is 6.27. The third-order valence-corrected chi connectivity index (χ3v) is 3.47. The molecule has 5 heteroatoms. The number of aromatic nitrogens is 2. The first-order valence-corrected chi connectivity index (χ1v) is 7.12. The Bertz CT molecular complexity index is 831. The number of carbonyl (C=O) groups excluding carboxylic acids is 1. The summed E-state index contributed by atoms with van der Waals surface area (Å²) in [5, 5.41) is 12.1. The lowest BCUT2D eigenvalue weighted by Gasteiger charge is -2.11. The summed E-state index contributed by atoms with van der Waals surface area (Å²) < 4.78 is 0. The van der Waals surface area contributed by atoms with Gasteiger partial charge in [0.15, 0.2) is 0 Å². The SMILES string of the molecule is CNC(=O)c1ccc(-c2cccnc2)c(-c2ccc(O)cc2)n1. The molecule has 5 nitrogen and oxygen atoms in total. The van der Waals surface area contributed by atoms with Gasteiger partial charge in [-0.05, 0) is 42.5 Å². The molecule has 1 aromatic carbocycles. The molecule has 0 bridgehead atoms. The maximum atomic E-state index is 11.9. The fourth-order valence-electron chi connectivity index (χ4n) is 2.31. The minimum atomic E-state index is -0.247. The zero-order chi connectivity index (χ0) is 16.2. The first-order chi connectivity index (χ1) is 11.2. The van der Waals surface area contributed by atoms with Crippen LogP contribution in [0.25, 0.3) is 22.4 Å². The van der Waals surface area contributed by atoms with E-state index in [4.69, 9.17) is 0 Å². The minimum absolute atomic E-state index is 0.180. The van der Waals surface area contributed by atoms with Gasteiger partial charge in [0.1, 0.15) is 11.4 Å². The Morgan fingerprint density at radius 1 is 1.04 bits per heavy atom. The number of hydrogen-bond donors (Lipinski definition) is 2. The van der Waals surface area contributed by atoms with Gasteiger partial charge in [-0.3, -0.25) is 9.78 Å². The second-order valence-electron chi connectivity index (χ2n) is 4.96. The molecule has 2 N–H and O–H groups in total. The van der Waals surface area contributed by atoms with Gasteiger partial charge in [0.25, 0.3) is 5.91 Å². The van der Waals surface area contributed by atoms with Gasteiger partial charge in [-0.1, -0.05) is 6.07 Å². The van der Waals surface area contributed by atoms with Crippen LogP contribution in [0.2, 0.25) is 0 Å². The maximum absolute atomic E-state index is 11.9. The molecule has 0 aliphatic carbocycles. The summed E-state index contributed by atoms with van der Waals surface area (Å²) in [6.45, 7) is 0. The van der Waals surface area contributed by atoms with Crippen molar-refractivity contribution in [2.24, 2.45) is 0 Å². The summed E-state index contributed by atoms with van der Waals surface area (Å²) in [5.41, 5.74) is 3.60. The molecule has 0 radical (unpaired) electrons. The average Bonchev–Trinajstić information content (AvgIpc) is 2.62. The summed E-state index contributed by atoms with van der Waals surface area (Å²) >= 11 is 0. The Labute approximate surface area is 133 Å². The number of nitrogens with zero attached hydrogens (tertiary/aromatic N) is 2. The molecule has 2 heterocycles. The van der Waals surface area contributed by atoms with E-state index in [0.29, 0.717) is 11.4 Å². The minimum Gasteiger partial charge on any atom is -0.508 e. The molecular formula is C18H15N3O2. The average molecular weight is 305 g/mol. The topological polar surface area (TPSA) is 75.1 Å². The number of amides is 1. The third kappa shape index (κ3) is 3.03. The van der Waals surface area contributed by atoms with E-state index in [1.54, 1.807) is 49.8 Å². The van der Waals surface area contributed by atoms with E-state index in [0.717, 1.165) is 16.7 Å². The highest BCUT2D eigenvalue weighted by Gasteiger charge is 2.13. The van der Waals surface area contributed by atoms with Crippen molar-refractivity contribution in [3.63, 3.8) is 0 Å². The van der Waals surface area contributed by atoms with Crippen LogP contribution in [0.15, 0.2) is 60.9 Å². The number of hydrogen-bond acceptors (Lipinski definition) is 4. The Morgan fingerprint density at radius 3 is 2.48 bits per heavy atom. The number of pyridine rings is 2. The molecule has 0 spiro atoms. The monoisotopic (exact) mass is 305 g/mol. The molecule has 2 aromatic heterocycles. The lowest BCUT2D eigenvalue weighted by molar-refractivity contribution is 0.0958. The van der Waals surface area contributed by atoms with E-state index in [1.165, 1.54) is 0 Å². The Balaban J connectivity index is 2.19. The van der Waals surface area contributed by atoms with Crippen molar-refractivity contribution in [2.45, 2.75) is 0 Å². The molecule has 3 rings (SSSR count). The van der Waals surface area contributed by atoms with Crippen molar-refractivity contribution >= 4 is 5.91 Å². The third-order valence-electron chi connectivity index (χ3n) is 3.47. The predicted octanol–water partition coefficient (Wildman–Crippen LogP) is 2.88. The molecule has 0 unspecified atom stereocenters.